The highest BCUT2D eigenvalue weighted by atomic mass is 19.5. The Balaban J connectivity index is 0.000000555. The monoisotopic (exact) mass is 280 g/mol. The zero-order chi connectivity index (χ0) is 15.2. The molecule has 0 fully saturated rings. The van der Waals surface area contributed by atoms with Crippen molar-refractivity contribution in [1.29, 1.82) is 0 Å². The van der Waals surface area contributed by atoms with Crippen molar-refractivity contribution in [2.24, 2.45) is 0 Å². The minimum atomic E-state index is -6.00. The standard InChI is InChI=1S/C9H11N3O2.BF4/c1-12(2)6-3-4-8(11-10)7(5-6)9(13)14;2-1(3,4)5/h3,5H,4H2,1-2H3,(H,13,14);/q;-1. The van der Waals surface area contributed by atoms with Crippen molar-refractivity contribution in [3.63, 3.8) is 0 Å². The normalized spacial score (nSPS) is 14.5. The number of likely N-dealkylation sites (N-methyl/N-ethyl adjacent to an activating group) is 1. The first-order valence-corrected chi connectivity index (χ1v) is 4.97. The fourth-order valence-electron chi connectivity index (χ4n) is 1.19. The van der Waals surface area contributed by atoms with Gasteiger partial charge in [0.05, 0.1) is 6.42 Å². The average molecular weight is 280 g/mol. The summed E-state index contributed by atoms with van der Waals surface area (Å²) in [6, 6.07) is 0. The predicted octanol–water partition coefficient (Wildman–Crippen LogP) is 1.82. The minimum absolute atomic E-state index is 0.0405. The summed E-state index contributed by atoms with van der Waals surface area (Å²) in [4.78, 5) is 15.5. The third-order valence-corrected chi connectivity index (χ3v) is 1.98. The van der Waals surface area contributed by atoms with E-state index in [9.17, 15) is 22.1 Å². The molecule has 0 aliphatic heterocycles. The molecule has 0 amide bonds. The van der Waals surface area contributed by atoms with Crippen molar-refractivity contribution in [3.8, 4) is 0 Å². The average Bonchev–Trinajstić information content (AvgIpc) is 2.25. The number of nitrogens with zero attached hydrogens (tertiary/aromatic N) is 3. The SMILES string of the molecule is CN(C)C1=CCC(=[N+]=[N-])C(C(=O)O)=C1.F[B-](F)(F)F. The molecule has 19 heavy (non-hydrogen) atoms. The zero-order valence-corrected chi connectivity index (χ0v) is 10.1. The van der Waals surface area contributed by atoms with Crippen molar-refractivity contribution >= 4 is 18.9 Å². The molecular formula is C9H11BF4N3O2-. The molecule has 106 valence electrons. The van der Waals surface area contributed by atoms with Gasteiger partial charge < -0.3 is 32.8 Å². The van der Waals surface area contributed by atoms with Crippen LogP contribution in [0, 0.1) is 0 Å². The van der Waals surface area contributed by atoms with Crippen LogP contribution in [-0.4, -0.2) is 47.8 Å². The Bertz CT molecular complexity index is 459. The third kappa shape index (κ3) is 7.04. The summed E-state index contributed by atoms with van der Waals surface area (Å²) in [5.74, 6) is -1.08. The first kappa shape index (κ1) is 16.9. The van der Waals surface area contributed by atoms with E-state index >= 15 is 0 Å². The summed E-state index contributed by atoms with van der Waals surface area (Å²) >= 11 is 0. The Hall–Kier alpha value is -2.09. The molecule has 0 unspecified atom stereocenters. The number of carbonyl (C=O) groups is 1. The van der Waals surface area contributed by atoms with Crippen LogP contribution < -0.4 is 0 Å². The van der Waals surface area contributed by atoms with Gasteiger partial charge in [0.2, 0.25) is 0 Å². The molecule has 1 N–H and O–H groups in total. The van der Waals surface area contributed by atoms with Crippen LogP contribution in [0.25, 0.3) is 5.53 Å². The molecule has 0 spiro atoms. The van der Waals surface area contributed by atoms with Gasteiger partial charge in [-0.25, -0.2) is 4.79 Å². The van der Waals surface area contributed by atoms with E-state index in [1.807, 2.05) is 20.2 Å². The molecule has 0 bridgehead atoms. The molecule has 5 nitrogen and oxygen atoms in total. The Labute approximate surface area is 106 Å². The predicted molar refractivity (Wildman–Crippen MR) is 60.9 cm³/mol. The number of carboxylic acid groups (broad SMARTS) is 1. The number of hydrogen-bond donors (Lipinski definition) is 1. The lowest BCUT2D eigenvalue weighted by Gasteiger charge is -2.16. The van der Waals surface area contributed by atoms with Gasteiger partial charge in [-0.3, -0.25) is 0 Å². The Morgan fingerprint density at radius 1 is 1.42 bits per heavy atom. The van der Waals surface area contributed by atoms with Gasteiger partial charge in [0, 0.05) is 19.8 Å². The second-order valence-corrected chi connectivity index (χ2v) is 3.63. The van der Waals surface area contributed by atoms with Crippen LogP contribution >= 0.6 is 0 Å². The van der Waals surface area contributed by atoms with E-state index in [0.29, 0.717) is 6.42 Å². The first-order valence-electron chi connectivity index (χ1n) is 4.97. The molecule has 0 radical (unpaired) electrons. The van der Waals surface area contributed by atoms with Gasteiger partial charge in [0.25, 0.3) is 0 Å². The van der Waals surface area contributed by atoms with Crippen LogP contribution in [0.3, 0.4) is 0 Å². The first-order chi connectivity index (χ1) is 8.56. The van der Waals surface area contributed by atoms with E-state index in [-0.39, 0.29) is 11.3 Å². The summed E-state index contributed by atoms with van der Waals surface area (Å²) in [5.41, 5.74) is 9.60. The highest BCUT2D eigenvalue weighted by molar-refractivity contribution is 6.50. The summed E-state index contributed by atoms with van der Waals surface area (Å²) in [5, 5.41) is 8.83. The number of allylic oxidation sites excluding steroid dienone is 2. The Morgan fingerprint density at radius 2 is 1.89 bits per heavy atom. The number of rotatable bonds is 2. The van der Waals surface area contributed by atoms with Gasteiger partial charge in [-0.15, -0.1) is 0 Å². The van der Waals surface area contributed by atoms with E-state index in [1.54, 1.807) is 4.90 Å². The zero-order valence-electron chi connectivity index (χ0n) is 10.1. The van der Waals surface area contributed by atoms with Gasteiger partial charge in [0.15, 0.2) is 0 Å². The lowest BCUT2D eigenvalue weighted by atomic mass is 10.0. The molecule has 0 aromatic rings. The largest absolute Gasteiger partial charge is 0.673 e. The fourth-order valence-corrected chi connectivity index (χ4v) is 1.19. The molecular weight excluding hydrogens is 269 g/mol. The molecule has 0 aromatic heterocycles. The van der Waals surface area contributed by atoms with Crippen LogP contribution in [0.2, 0.25) is 0 Å². The van der Waals surface area contributed by atoms with Gasteiger partial charge >= 0.3 is 18.9 Å². The van der Waals surface area contributed by atoms with Crippen LogP contribution in [0.5, 0.6) is 0 Å². The fraction of sp³-hybridized carbons (Fsp3) is 0.333. The summed E-state index contributed by atoms with van der Waals surface area (Å²) in [7, 11) is -2.36. The summed E-state index contributed by atoms with van der Waals surface area (Å²) in [6.45, 7) is 0. The van der Waals surface area contributed by atoms with Gasteiger partial charge in [-0.1, -0.05) is 0 Å². The molecule has 0 aromatic carbocycles. The van der Waals surface area contributed by atoms with E-state index in [2.05, 4.69) is 4.79 Å². The van der Waals surface area contributed by atoms with Crippen LogP contribution in [-0.2, 0) is 4.79 Å². The minimum Gasteiger partial charge on any atom is -0.477 e. The maximum atomic E-state index is 10.8. The van der Waals surface area contributed by atoms with E-state index < -0.39 is 13.2 Å². The molecule has 1 aliphatic rings. The third-order valence-electron chi connectivity index (χ3n) is 1.98. The van der Waals surface area contributed by atoms with E-state index in [1.165, 1.54) is 6.08 Å². The lowest BCUT2D eigenvalue weighted by molar-refractivity contribution is -0.132. The highest BCUT2D eigenvalue weighted by Crippen LogP contribution is 2.15. The second kappa shape index (κ2) is 6.74. The van der Waals surface area contributed by atoms with Crippen molar-refractivity contribution in [1.82, 2.24) is 4.90 Å². The smallest absolute Gasteiger partial charge is 0.477 e. The molecule has 1 rings (SSSR count). The van der Waals surface area contributed by atoms with Crippen LogP contribution in [0.1, 0.15) is 6.42 Å². The molecule has 10 heteroatoms. The number of carboxylic acids is 1. The van der Waals surface area contributed by atoms with Crippen molar-refractivity contribution in [2.45, 2.75) is 6.42 Å². The molecule has 0 heterocycles. The van der Waals surface area contributed by atoms with Crippen molar-refractivity contribution < 1.29 is 32.0 Å². The maximum Gasteiger partial charge on any atom is 0.673 e. The second-order valence-electron chi connectivity index (χ2n) is 3.63. The topological polar surface area (TPSA) is 76.9 Å². The summed E-state index contributed by atoms with van der Waals surface area (Å²) < 4.78 is 39.0. The molecule has 0 saturated carbocycles. The highest BCUT2D eigenvalue weighted by Gasteiger charge is 2.25. The Morgan fingerprint density at radius 3 is 2.21 bits per heavy atom. The number of halogens is 4. The van der Waals surface area contributed by atoms with E-state index in [0.717, 1.165) is 5.70 Å². The van der Waals surface area contributed by atoms with Gasteiger partial charge in [0.1, 0.15) is 5.57 Å². The van der Waals surface area contributed by atoms with Crippen molar-refractivity contribution in [2.75, 3.05) is 14.1 Å². The molecule has 0 atom stereocenters. The molecule has 0 saturated heterocycles. The van der Waals surface area contributed by atoms with Gasteiger partial charge in [-0.05, 0) is 12.2 Å². The van der Waals surface area contributed by atoms with Crippen LogP contribution in [0.15, 0.2) is 23.4 Å². The van der Waals surface area contributed by atoms with Crippen molar-refractivity contribution in [3.05, 3.63) is 29.0 Å². The quantitative estimate of drug-likeness (QED) is 0.362. The number of aliphatic carboxylic acids is 1. The number of hydrogen-bond acceptors (Lipinski definition) is 2. The molecule has 1 aliphatic carbocycles. The summed E-state index contributed by atoms with van der Waals surface area (Å²) in [6.07, 6.45) is 3.63. The van der Waals surface area contributed by atoms with E-state index in [4.69, 9.17) is 10.6 Å². The van der Waals surface area contributed by atoms with Crippen LogP contribution in [0.4, 0.5) is 17.3 Å². The maximum absolute atomic E-state index is 10.8. The van der Waals surface area contributed by atoms with Gasteiger partial charge in [-0.2, -0.15) is 4.79 Å². The lowest BCUT2D eigenvalue weighted by Crippen LogP contribution is -2.20. The Kier molecular flexibility index (Phi) is 6.00.